The van der Waals surface area contributed by atoms with Gasteiger partial charge in [-0.2, -0.15) is 0 Å². The first-order valence-corrected chi connectivity index (χ1v) is 10.7. The Labute approximate surface area is 179 Å². The Kier molecular flexibility index (Phi) is 9.81. The lowest BCUT2D eigenvalue weighted by atomic mass is 9.91. The van der Waals surface area contributed by atoms with Crippen molar-refractivity contribution in [2.45, 2.75) is 51.6 Å². The molecule has 0 aliphatic rings. The van der Waals surface area contributed by atoms with E-state index < -0.39 is 12.1 Å². The van der Waals surface area contributed by atoms with Crippen molar-refractivity contribution in [3.63, 3.8) is 0 Å². The summed E-state index contributed by atoms with van der Waals surface area (Å²) >= 11 is 5.68. The van der Waals surface area contributed by atoms with Crippen LogP contribution >= 0.6 is 12.2 Å². The fraction of sp³-hybridized carbons (Fsp3) is 0.417. The third-order valence-electron chi connectivity index (χ3n) is 4.88. The highest BCUT2D eigenvalue weighted by Crippen LogP contribution is 2.23. The summed E-state index contributed by atoms with van der Waals surface area (Å²) in [6.07, 6.45) is 2.45. The Morgan fingerprint density at radius 2 is 1.72 bits per heavy atom. The fourth-order valence-electron chi connectivity index (χ4n) is 3.29. The molecule has 0 radical (unpaired) electrons. The molecule has 0 spiro atoms. The van der Waals surface area contributed by atoms with Gasteiger partial charge in [0, 0.05) is 25.5 Å². The minimum atomic E-state index is -0.922. The molecule has 0 heterocycles. The van der Waals surface area contributed by atoms with Gasteiger partial charge in [-0.05, 0) is 42.9 Å². The molecule has 2 rings (SSSR count). The molecule has 29 heavy (non-hydrogen) atoms. The predicted octanol–water partition coefficient (Wildman–Crippen LogP) is 4.76. The van der Waals surface area contributed by atoms with Crippen LogP contribution in [0, 0.1) is 0 Å². The van der Waals surface area contributed by atoms with Crippen LogP contribution in [-0.2, 0) is 22.4 Å². The third-order valence-corrected chi connectivity index (χ3v) is 5.31. The molecule has 2 aromatic rings. The summed E-state index contributed by atoms with van der Waals surface area (Å²) in [6, 6.07) is 18.5. The van der Waals surface area contributed by atoms with E-state index in [0.29, 0.717) is 13.0 Å². The Balaban J connectivity index is 2.01. The maximum Gasteiger partial charge on any atom is 0.333 e. The van der Waals surface area contributed by atoms with E-state index in [1.54, 1.807) is 0 Å². The second kappa shape index (κ2) is 12.3. The summed E-state index contributed by atoms with van der Waals surface area (Å²) < 4.78 is 5.30. The molecule has 0 saturated carbocycles. The first-order chi connectivity index (χ1) is 14.0. The largest absolute Gasteiger partial charge is 0.479 e. The van der Waals surface area contributed by atoms with Crippen LogP contribution in [-0.4, -0.2) is 35.3 Å². The molecule has 2 N–H and O–H groups in total. The van der Waals surface area contributed by atoms with Gasteiger partial charge in [-0.15, -0.1) is 0 Å². The van der Waals surface area contributed by atoms with Crippen LogP contribution in [0.25, 0.3) is 0 Å². The molecule has 0 aliphatic heterocycles. The lowest BCUT2D eigenvalue weighted by Crippen LogP contribution is -2.28. The van der Waals surface area contributed by atoms with Gasteiger partial charge in [-0.1, -0.05) is 73.7 Å². The van der Waals surface area contributed by atoms with E-state index in [1.165, 1.54) is 11.1 Å². The topological polar surface area (TPSA) is 58.6 Å². The number of carboxylic acid groups (broad SMARTS) is 1. The maximum atomic E-state index is 11.3. The molecule has 0 aromatic heterocycles. The molecule has 0 fully saturated rings. The summed E-state index contributed by atoms with van der Waals surface area (Å²) in [4.78, 5) is 12.2. The number of carbonyl (C=O) groups is 1. The molecule has 156 valence electrons. The second-order valence-corrected chi connectivity index (χ2v) is 7.54. The van der Waals surface area contributed by atoms with E-state index in [1.807, 2.05) is 25.1 Å². The van der Waals surface area contributed by atoms with Crippen molar-refractivity contribution in [1.82, 2.24) is 5.32 Å². The van der Waals surface area contributed by atoms with E-state index >= 15 is 0 Å². The molecule has 0 amide bonds. The minimum absolute atomic E-state index is 0.187. The van der Waals surface area contributed by atoms with Crippen LogP contribution in [0.4, 0.5) is 0 Å². The number of carboxylic acids is 1. The Hall–Kier alpha value is -2.24. The Morgan fingerprint density at radius 3 is 2.31 bits per heavy atom. The monoisotopic (exact) mass is 413 g/mol. The average molecular weight is 414 g/mol. The number of aliphatic carboxylic acids is 1. The number of aryl methyl sites for hydroxylation is 1. The molecule has 5 heteroatoms. The lowest BCUT2D eigenvalue weighted by molar-refractivity contribution is -0.149. The van der Waals surface area contributed by atoms with Gasteiger partial charge in [-0.25, -0.2) is 4.79 Å². The van der Waals surface area contributed by atoms with Gasteiger partial charge in [0.15, 0.2) is 6.10 Å². The molecule has 0 aliphatic carbocycles. The summed E-state index contributed by atoms with van der Waals surface area (Å²) in [7, 11) is 0. The lowest BCUT2D eigenvalue weighted by Gasteiger charge is -2.20. The van der Waals surface area contributed by atoms with Gasteiger partial charge in [0.05, 0.1) is 4.99 Å². The zero-order chi connectivity index (χ0) is 21.1. The van der Waals surface area contributed by atoms with E-state index in [9.17, 15) is 9.90 Å². The van der Waals surface area contributed by atoms with Gasteiger partial charge < -0.3 is 15.2 Å². The van der Waals surface area contributed by atoms with Gasteiger partial charge in [0.1, 0.15) is 0 Å². The third kappa shape index (κ3) is 7.59. The number of thiocarbonyl (C=S) groups is 1. The van der Waals surface area contributed by atoms with Crippen LogP contribution in [0.2, 0.25) is 0 Å². The van der Waals surface area contributed by atoms with Gasteiger partial charge in [0.2, 0.25) is 0 Å². The second-order valence-electron chi connectivity index (χ2n) is 7.10. The smallest absolute Gasteiger partial charge is 0.333 e. The van der Waals surface area contributed by atoms with Gasteiger partial charge >= 0.3 is 5.97 Å². The van der Waals surface area contributed by atoms with Crippen molar-refractivity contribution < 1.29 is 14.6 Å². The summed E-state index contributed by atoms with van der Waals surface area (Å²) in [5.41, 5.74) is 3.42. The van der Waals surface area contributed by atoms with Crippen molar-refractivity contribution in [2.75, 3.05) is 13.2 Å². The summed E-state index contributed by atoms with van der Waals surface area (Å²) in [6.45, 7) is 5.22. The minimum Gasteiger partial charge on any atom is -0.479 e. The number of benzene rings is 2. The number of rotatable bonds is 12. The Bertz CT molecular complexity index is 761. The zero-order valence-corrected chi connectivity index (χ0v) is 18.1. The first-order valence-electron chi connectivity index (χ1n) is 10.3. The van der Waals surface area contributed by atoms with E-state index in [0.717, 1.165) is 36.4 Å². The number of hydrogen-bond acceptors (Lipinski definition) is 3. The van der Waals surface area contributed by atoms with Crippen LogP contribution in [0.15, 0.2) is 54.6 Å². The number of nitrogens with one attached hydrogen (secondary N) is 1. The molecule has 2 unspecified atom stereocenters. The fourth-order valence-corrected chi connectivity index (χ4v) is 3.65. The van der Waals surface area contributed by atoms with E-state index in [4.69, 9.17) is 17.0 Å². The summed E-state index contributed by atoms with van der Waals surface area (Å²) in [5, 5.41) is 12.6. The SMILES string of the molecule is CCCNC(=S)C(CCc1ccc(CC(OCC)C(=O)O)cc1)c1ccccc1. The van der Waals surface area contributed by atoms with Crippen LogP contribution < -0.4 is 5.32 Å². The summed E-state index contributed by atoms with van der Waals surface area (Å²) in [5.74, 6) is -0.735. The highest BCUT2D eigenvalue weighted by molar-refractivity contribution is 7.80. The quantitative estimate of drug-likeness (QED) is 0.491. The van der Waals surface area contributed by atoms with E-state index in [-0.39, 0.29) is 5.92 Å². The maximum absolute atomic E-state index is 11.3. The number of hydrogen-bond donors (Lipinski definition) is 2. The molecule has 2 aromatic carbocycles. The van der Waals surface area contributed by atoms with Crippen molar-refractivity contribution in [3.05, 3.63) is 71.3 Å². The Morgan fingerprint density at radius 1 is 1.07 bits per heavy atom. The van der Waals surface area contributed by atoms with Crippen LogP contribution in [0.5, 0.6) is 0 Å². The van der Waals surface area contributed by atoms with Crippen molar-refractivity contribution in [1.29, 1.82) is 0 Å². The average Bonchev–Trinajstić information content (AvgIpc) is 2.73. The van der Waals surface area contributed by atoms with Crippen LogP contribution in [0.3, 0.4) is 0 Å². The standard InChI is InChI=1S/C24H31NO3S/c1-3-16-25-23(29)21(20-8-6-5-7-9-20)15-14-18-10-12-19(13-11-18)17-22(24(26)27)28-4-2/h5-13,21-22H,3-4,14-17H2,1-2H3,(H,25,29)(H,26,27). The molecule has 0 bridgehead atoms. The molecule has 2 atom stereocenters. The first kappa shape index (κ1) is 23.0. The van der Waals surface area contributed by atoms with Crippen molar-refractivity contribution >= 4 is 23.2 Å². The predicted molar refractivity (Wildman–Crippen MR) is 122 cm³/mol. The van der Waals surface area contributed by atoms with Crippen LogP contribution in [0.1, 0.15) is 49.3 Å². The van der Waals surface area contributed by atoms with Gasteiger partial charge in [0.25, 0.3) is 0 Å². The number of ether oxygens (including phenoxy) is 1. The normalized spacial score (nSPS) is 12.9. The van der Waals surface area contributed by atoms with Gasteiger partial charge in [-0.3, -0.25) is 0 Å². The highest BCUT2D eigenvalue weighted by Gasteiger charge is 2.19. The zero-order valence-electron chi connectivity index (χ0n) is 17.3. The molecular weight excluding hydrogens is 382 g/mol. The van der Waals surface area contributed by atoms with E-state index in [2.05, 4.69) is 48.6 Å². The van der Waals surface area contributed by atoms with Crippen molar-refractivity contribution in [3.8, 4) is 0 Å². The molecule has 0 saturated heterocycles. The molecular formula is C24H31NO3S. The molecule has 4 nitrogen and oxygen atoms in total. The van der Waals surface area contributed by atoms with Crippen molar-refractivity contribution in [2.24, 2.45) is 0 Å². The highest BCUT2D eigenvalue weighted by atomic mass is 32.1.